The standard InChI is InChI=1S/C13H15N3O2S/c17-11-3-1-2-10(6-11)13-9-16(4-5-18-13)8-12-7-14-15-19-12/h1-3,6-7,13,17H,4-5,8-9H2/t13-/m0/s1. The zero-order valence-electron chi connectivity index (χ0n) is 10.4. The van der Waals surface area contributed by atoms with Crippen molar-refractivity contribution in [2.75, 3.05) is 19.7 Å². The third kappa shape index (κ3) is 3.09. The third-order valence-corrected chi connectivity index (χ3v) is 3.82. The highest BCUT2D eigenvalue weighted by atomic mass is 32.1. The van der Waals surface area contributed by atoms with E-state index in [0.29, 0.717) is 6.61 Å². The molecule has 0 amide bonds. The van der Waals surface area contributed by atoms with E-state index in [2.05, 4.69) is 14.5 Å². The van der Waals surface area contributed by atoms with Crippen molar-refractivity contribution in [1.82, 2.24) is 14.5 Å². The molecule has 1 atom stereocenters. The third-order valence-electron chi connectivity index (χ3n) is 3.18. The highest BCUT2D eigenvalue weighted by Gasteiger charge is 2.22. The molecule has 1 aliphatic heterocycles. The second kappa shape index (κ2) is 5.64. The van der Waals surface area contributed by atoms with Gasteiger partial charge in [-0.1, -0.05) is 16.6 Å². The van der Waals surface area contributed by atoms with Crippen LogP contribution in [0.5, 0.6) is 5.75 Å². The second-order valence-corrected chi connectivity index (χ2v) is 5.44. The molecule has 0 spiro atoms. The first-order valence-corrected chi connectivity index (χ1v) is 6.98. The monoisotopic (exact) mass is 277 g/mol. The smallest absolute Gasteiger partial charge is 0.115 e. The molecule has 1 saturated heterocycles. The Morgan fingerprint density at radius 3 is 3.21 bits per heavy atom. The predicted octanol–water partition coefficient (Wildman–Crippen LogP) is 1.82. The molecule has 1 aromatic carbocycles. The number of phenolic OH excluding ortho intramolecular Hbond substituents is 1. The van der Waals surface area contributed by atoms with Crippen molar-refractivity contribution in [1.29, 1.82) is 0 Å². The van der Waals surface area contributed by atoms with Crippen LogP contribution < -0.4 is 0 Å². The summed E-state index contributed by atoms with van der Waals surface area (Å²) < 4.78 is 9.66. The van der Waals surface area contributed by atoms with Crippen LogP contribution in [0.1, 0.15) is 16.5 Å². The van der Waals surface area contributed by atoms with Crippen LogP contribution in [0.15, 0.2) is 30.5 Å². The van der Waals surface area contributed by atoms with Gasteiger partial charge in [-0.2, -0.15) is 0 Å². The Labute approximate surface area is 115 Å². The molecule has 19 heavy (non-hydrogen) atoms. The van der Waals surface area contributed by atoms with E-state index >= 15 is 0 Å². The average Bonchev–Trinajstić information content (AvgIpc) is 2.92. The van der Waals surface area contributed by atoms with Gasteiger partial charge in [-0.15, -0.1) is 5.10 Å². The van der Waals surface area contributed by atoms with Gasteiger partial charge in [0.1, 0.15) is 5.75 Å². The molecule has 0 saturated carbocycles. The Morgan fingerprint density at radius 2 is 2.42 bits per heavy atom. The molecule has 1 fully saturated rings. The molecule has 2 aromatic rings. The van der Waals surface area contributed by atoms with Crippen molar-refractivity contribution in [3.63, 3.8) is 0 Å². The zero-order valence-corrected chi connectivity index (χ0v) is 11.2. The minimum atomic E-state index is 0.0155. The summed E-state index contributed by atoms with van der Waals surface area (Å²) >= 11 is 1.43. The number of hydrogen-bond acceptors (Lipinski definition) is 6. The van der Waals surface area contributed by atoms with Crippen LogP contribution in [0, 0.1) is 0 Å². The van der Waals surface area contributed by atoms with Gasteiger partial charge in [-0.25, -0.2) is 0 Å². The molecule has 0 unspecified atom stereocenters. The maximum atomic E-state index is 9.53. The summed E-state index contributed by atoms with van der Waals surface area (Å²) in [5.74, 6) is 0.282. The largest absolute Gasteiger partial charge is 0.508 e. The Bertz CT molecular complexity index is 532. The van der Waals surface area contributed by atoms with E-state index < -0.39 is 0 Å². The summed E-state index contributed by atoms with van der Waals surface area (Å²) in [6.07, 6.45) is 1.82. The molecule has 0 radical (unpaired) electrons. The fourth-order valence-corrected chi connectivity index (χ4v) is 2.78. The number of hydrogen-bond donors (Lipinski definition) is 1. The lowest BCUT2D eigenvalue weighted by molar-refractivity contribution is -0.0327. The van der Waals surface area contributed by atoms with Gasteiger partial charge in [0, 0.05) is 19.6 Å². The van der Waals surface area contributed by atoms with Gasteiger partial charge in [0.15, 0.2) is 0 Å². The Hall–Kier alpha value is -1.50. The van der Waals surface area contributed by atoms with E-state index in [9.17, 15) is 5.11 Å². The fraction of sp³-hybridized carbons (Fsp3) is 0.385. The number of ether oxygens (including phenoxy) is 1. The number of phenols is 1. The van der Waals surface area contributed by atoms with Crippen molar-refractivity contribution >= 4 is 11.5 Å². The van der Waals surface area contributed by atoms with E-state index in [4.69, 9.17) is 4.74 Å². The zero-order chi connectivity index (χ0) is 13.1. The van der Waals surface area contributed by atoms with Crippen LogP contribution in [-0.4, -0.2) is 39.3 Å². The molecule has 0 bridgehead atoms. The van der Waals surface area contributed by atoms with E-state index in [1.165, 1.54) is 11.5 Å². The lowest BCUT2D eigenvalue weighted by Crippen LogP contribution is -2.37. The van der Waals surface area contributed by atoms with Gasteiger partial charge in [0.25, 0.3) is 0 Å². The molecular formula is C13H15N3O2S. The fourth-order valence-electron chi connectivity index (χ4n) is 2.25. The van der Waals surface area contributed by atoms with Gasteiger partial charge in [0.05, 0.1) is 23.8 Å². The van der Waals surface area contributed by atoms with Crippen LogP contribution in [-0.2, 0) is 11.3 Å². The SMILES string of the molecule is Oc1cccc([C@@H]2CN(Cc3cnns3)CCO2)c1. The van der Waals surface area contributed by atoms with Gasteiger partial charge in [-0.3, -0.25) is 4.90 Å². The Morgan fingerprint density at radius 1 is 1.47 bits per heavy atom. The second-order valence-electron chi connectivity index (χ2n) is 4.57. The summed E-state index contributed by atoms with van der Waals surface area (Å²) in [5.41, 5.74) is 1.02. The number of aromatic hydroxyl groups is 1. The van der Waals surface area contributed by atoms with Crippen molar-refractivity contribution in [2.45, 2.75) is 12.6 Å². The highest BCUT2D eigenvalue weighted by molar-refractivity contribution is 7.05. The van der Waals surface area contributed by atoms with Gasteiger partial charge < -0.3 is 9.84 Å². The molecule has 1 aliphatic rings. The maximum Gasteiger partial charge on any atom is 0.115 e. The molecular weight excluding hydrogens is 262 g/mol. The van der Waals surface area contributed by atoms with Crippen LogP contribution in [0.25, 0.3) is 0 Å². The number of morpholine rings is 1. The van der Waals surface area contributed by atoms with E-state index in [-0.39, 0.29) is 11.9 Å². The topological polar surface area (TPSA) is 58.5 Å². The molecule has 1 N–H and O–H groups in total. The van der Waals surface area contributed by atoms with Crippen LogP contribution in [0.2, 0.25) is 0 Å². The molecule has 1 aromatic heterocycles. The first-order chi connectivity index (χ1) is 9.31. The van der Waals surface area contributed by atoms with E-state index in [1.807, 2.05) is 18.3 Å². The summed E-state index contributed by atoms with van der Waals surface area (Å²) in [6, 6.07) is 7.28. The molecule has 6 heteroatoms. The highest BCUT2D eigenvalue weighted by Crippen LogP contribution is 2.25. The summed E-state index contributed by atoms with van der Waals surface area (Å²) in [4.78, 5) is 3.49. The molecule has 0 aliphatic carbocycles. The lowest BCUT2D eigenvalue weighted by Gasteiger charge is -2.32. The quantitative estimate of drug-likeness (QED) is 0.927. The Kier molecular flexibility index (Phi) is 3.72. The van der Waals surface area contributed by atoms with Crippen LogP contribution in [0.3, 0.4) is 0 Å². The molecule has 2 heterocycles. The van der Waals surface area contributed by atoms with Gasteiger partial charge in [0.2, 0.25) is 0 Å². The molecule has 3 rings (SSSR count). The van der Waals surface area contributed by atoms with Crippen molar-refractivity contribution in [2.24, 2.45) is 0 Å². The maximum absolute atomic E-state index is 9.53. The molecule has 5 nitrogen and oxygen atoms in total. The Balaban J connectivity index is 1.67. The predicted molar refractivity (Wildman–Crippen MR) is 72.0 cm³/mol. The first-order valence-electron chi connectivity index (χ1n) is 6.20. The summed E-state index contributed by atoms with van der Waals surface area (Å²) in [5, 5.41) is 13.4. The van der Waals surface area contributed by atoms with Crippen LogP contribution >= 0.6 is 11.5 Å². The van der Waals surface area contributed by atoms with E-state index in [1.54, 1.807) is 12.1 Å². The minimum absolute atomic E-state index is 0.0155. The number of rotatable bonds is 3. The van der Waals surface area contributed by atoms with Crippen molar-refractivity contribution < 1.29 is 9.84 Å². The van der Waals surface area contributed by atoms with Crippen LogP contribution in [0.4, 0.5) is 0 Å². The average molecular weight is 277 g/mol. The molecule has 100 valence electrons. The summed E-state index contributed by atoms with van der Waals surface area (Å²) in [6.45, 7) is 3.29. The number of benzene rings is 1. The number of nitrogens with zero attached hydrogens (tertiary/aromatic N) is 3. The van der Waals surface area contributed by atoms with Gasteiger partial charge >= 0.3 is 0 Å². The normalized spacial score (nSPS) is 20.5. The van der Waals surface area contributed by atoms with Crippen molar-refractivity contribution in [3.05, 3.63) is 40.9 Å². The lowest BCUT2D eigenvalue weighted by atomic mass is 10.1. The number of aromatic nitrogens is 2. The summed E-state index contributed by atoms with van der Waals surface area (Å²) in [7, 11) is 0. The van der Waals surface area contributed by atoms with Crippen molar-refractivity contribution in [3.8, 4) is 5.75 Å². The first kappa shape index (κ1) is 12.5. The van der Waals surface area contributed by atoms with E-state index in [0.717, 1.165) is 30.1 Å². The van der Waals surface area contributed by atoms with Gasteiger partial charge in [-0.05, 0) is 29.2 Å². The minimum Gasteiger partial charge on any atom is -0.508 e.